The number of aliphatic hydroxyl groups is 1. The molecule has 98 valence electrons. The second-order valence-corrected chi connectivity index (χ2v) is 4.01. The standard InChI is InChI=1S/C14H14N2O3/c1-19-14(18)11-6-13(16-7-12(11)15)10-4-2-3-9(5-10)8-17/h2-7,17H,8,15H2,1H3. The number of carbonyl (C=O) groups excluding carboxylic acids is 1. The first-order valence-electron chi connectivity index (χ1n) is 5.69. The van der Waals surface area contributed by atoms with E-state index in [-0.39, 0.29) is 17.9 Å². The average molecular weight is 258 g/mol. The Morgan fingerprint density at radius 3 is 2.89 bits per heavy atom. The summed E-state index contributed by atoms with van der Waals surface area (Å²) in [5.41, 5.74) is 8.43. The molecule has 1 aromatic carbocycles. The Labute approximate surface area is 110 Å². The molecule has 5 heteroatoms. The van der Waals surface area contributed by atoms with Crippen LogP contribution in [0.25, 0.3) is 11.3 Å². The topological polar surface area (TPSA) is 85.4 Å². The number of benzene rings is 1. The maximum Gasteiger partial charge on any atom is 0.340 e. The molecule has 3 N–H and O–H groups in total. The van der Waals surface area contributed by atoms with Crippen molar-refractivity contribution in [1.82, 2.24) is 4.98 Å². The summed E-state index contributed by atoms with van der Waals surface area (Å²) in [4.78, 5) is 15.8. The highest BCUT2D eigenvalue weighted by Crippen LogP contribution is 2.22. The van der Waals surface area contributed by atoms with Crippen molar-refractivity contribution in [3.8, 4) is 11.3 Å². The number of hydrogen-bond donors (Lipinski definition) is 2. The second kappa shape index (κ2) is 5.49. The summed E-state index contributed by atoms with van der Waals surface area (Å²) in [5.74, 6) is -0.500. The summed E-state index contributed by atoms with van der Waals surface area (Å²) < 4.78 is 4.67. The lowest BCUT2D eigenvalue weighted by atomic mass is 10.1. The number of hydrogen-bond acceptors (Lipinski definition) is 5. The van der Waals surface area contributed by atoms with Gasteiger partial charge in [0.1, 0.15) is 0 Å². The number of carbonyl (C=O) groups is 1. The van der Waals surface area contributed by atoms with Crippen molar-refractivity contribution in [1.29, 1.82) is 0 Å². The quantitative estimate of drug-likeness (QED) is 0.817. The maximum atomic E-state index is 11.6. The van der Waals surface area contributed by atoms with E-state index in [4.69, 9.17) is 10.8 Å². The highest BCUT2D eigenvalue weighted by atomic mass is 16.5. The smallest absolute Gasteiger partial charge is 0.340 e. The van der Waals surface area contributed by atoms with Gasteiger partial charge in [0.25, 0.3) is 0 Å². The lowest BCUT2D eigenvalue weighted by molar-refractivity contribution is 0.0602. The van der Waals surface area contributed by atoms with Crippen molar-refractivity contribution in [2.75, 3.05) is 12.8 Å². The van der Waals surface area contributed by atoms with Gasteiger partial charge in [-0.3, -0.25) is 4.98 Å². The van der Waals surface area contributed by atoms with E-state index in [1.807, 2.05) is 18.2 Å². The number of rotatable bonds is 3. The van der Waals surface area contributed by atoms with Crippen molar-refractivity contribution in [2.24, 2.45) is 0 Å². The summed E-state index contributed by atoms with van der Waals surface area (Å²) in [5, 5.41) is 9.12. The SMILES string of the molecule is COC(=O)c1cc(-c2cccc(CO)c2)ncc1N. The zero-order valence-electron chi connectivity index (χ0n) is 10.5. The van der Waals surface area contributed by atoms with Crippen molar-refractivity contribution < 1.29 is 14.6 Å². The molecule has 0 aliphatic rings. The molecule has 0 atom stereocenters. The number of aliphatic hydroxyl groups excluding tert-OH is 1. The molecule has 0 aliphatic carbocycles. The summed E-state index contributed by atoms with van der Waals surface area (Å²) in [6.07, 6.45) is 1.42. The second-order valence-electron chi connectivity index (χ2n) is 4.01. The van der Waals surface area contributed by atoms with E-state index in [1.165, 1.54) is 13.3 Å². The summed E-state index contributed by atoms with van der Waals surface area (Å²) in [6, 6.07) is 8.86. The molecule has 0 saturated carbocycles. The van der Waals surface area contributed by atoms with E-state index >= 15 is 0 Å². The highest BCUT2D eigenvalue weighted by Gasteiger charge is 2.12. The van der Waals surface area contributed by atoms with Crippen molar-refractivity contribution >= 4 is 11.7 Å². The minimum absolute atomic E-state index is 0.0489. The summed E-state index contributed by atoms with van der Waals surface area (Å²) in [6.45, 7) is -0.0489. The Kier molecular flexibility index (Phi) is 3.77. The number of nitrogens with zero attached hydrogens (tertiary/aromatic N) is 1. The Balaban J connectivity index is 2.48. The molecule has 5 nitrogen and oxygen atoms in total. The number of esters is 1. The molecule has 1 heterocycles. The van der Waals surface area contributed by atoms with E-state index in [1.54, 1.807) is 12.1 Å². The third kappa shape index (κ3) is 2.71. The van der Waals surface area contributed by atoms with Crippen LogP contribution >= 0.6 is 0 Å². The molecule has 0 amide bonds. The van der Waals surface area contributed by atoms with Gasteiger partial charge in [0.05, 0.1) is 36.9 Å². The van der Waals surface area contributed by atoms with Gasteiger partial charge in [-0.1, -0.05) is 18.2 Å². The summed E-state index contributed by atoms with van der Waals surface area (Å²) in [7, 11) is 1.30. The molecule has 0 bridgehead atoms. The van der Waals surface area contributed by atoms with Crippen LogP contribution in [-0.2, 0) is 11.3 Å². The molecular formula is C14H14N2O3. The van der Waals surface area contributed by atoms with E-state index in [0.29, 0.717) is 5.69 Å². The van der Waals surface area contributed by atoms with Gasteiger partial charge in [-0.25, -0.2) is 4.79 Å². The van der Waals surface area contributed by atoms with Crippen LogP contribution in [0.3, 0.4) is 0 Å². The zero-order valence-corrected chi connectivity index (χ0v) is 10.5. The third-order valence-electron chi connectivity index (χ3n) is 2.75. The highest BCUT2D eigenvalue weighted by molar-refractivity contribution is 5.95. The largest absolute Gasteiger partial charge is 0.465 e. The van der Waals surface area contributed by atoms with E-state index in [0.717, 1.165) is 11.1 Å². The van der Waals surface area contributed by atoms with Gasteiger partial charge in [-0.2, -0.15) is 0 Å². The Morgan fingerprint density at radius 1 is 1.42 bits per heavy atom. The number of methoxy groups -OCH3 is 1. The number of nitrogen functional groups attached to an aromatic ring is 1. The van der Waals surface area contributed by atoms with Crippen LogP contribution in [0.2, 0.25) is 0 Å². The lowest BCUT2D eigenvalue weighted by Crippen LogP contribution is -2.06. The van der Waals surface area contributed by atoms with Crippen LogP contribution in [0.4, 0.5) is 5.69 Å². The molecule has 19 heavy (non-hydrogen) atoms. The third-order valence-corrected chi connectivity index (χ3v) is 2.75. The Hall–Kier alpha value is -2.40. The minimum atomic E-state index is -0.500. The molecule has 0 fully saturated rings. The molecule has 2 rings (SSSR count). The van der Waals surface area contributed by atoms with Gasteiger partial charge in [-0.15, -0.1) is 0 Å². The molecule has 0 spiro atoms. The van der Waals surface area contributed by atoms with E-state index in [9.17, 15) is 4.79 Å². The van der Waals surface area contributed by atoms with E-state index in [2.05, 4.69) is 9.72 Å². The van der Waals surface area contributed by atoms with Crippen LogP contribution in [0.5, 0.6) is 0 Å². The average Bonchev–Trinajstić information content (AvgIpc) is 2.47. The fourth-order valence-corrected chi connectivity index (χ4v) is 1.74. The van der Waals surface area contributed by atoms with Crippen LogP contribution in [0, 0.1) is 0 Å². The van der Waals surface area contributed by atoms with Crippen molar-refractivity contribution in [3.05, 3.63) is 47.7 Å². The van der Waals surface area contributed by atoms with Crippen LogP contribution in [0.1, 0.15) is 15.9 Å². The first-order chi connectivity index (χ1) is 9.15. The Bertz CT molecular complexity index is 611. The van der Waals surface area contributed by atoms with Gasteiger partial charge in [0.15, 0.2) is 0 Å². The molecule has 0 radical (unpaired) electrons. The molecule has 0 aliphatic heterocycles. The summed E-state index contributed by atoms with van der Waals surface area (Å²) >= 11 is 0. The van der Waals surface area contributed by atoms with Crippen molar-refractivity contribution in [3.63, 3.8) is 0 Å². The molecule has 0 saturated heterocycles. The number of pyridine rings is 1. The van der Waals surface area contributed by atoms with Gasteiger partial charge in [0.2, 0.25) is 0 Å². The van der Waals surface area contributed by atoms with Gasteiger partial charge in [0, 0.05) is 5.56 Å². The van der Waals surface area contributed by atoms with Gasteiger partial charge >= 0.3 is 5.97 Å². The van der Waals surface area contributed by atoms with Gasteiger partial charge < -0.3 is 15.6 Å². The molecule has 1 aromatic heterocycles. The Morgan fingerprint density at radius 2 is 2.21 bits per heavy atom. The number of aromatic nitrogens is 1. The fraction of sp³-hybridized carbons (Fsp3) is 0.143. The predicted molar refractivity (Wildman–Crippen MR) is 71.3 cm³/mol. The predicted octanol–water partition coefficient (Wildman–Crippen LogP) is 1.61. The van der Waals surface area contributed by atoms with Crippen molar-refractivity contribution in [2.45, 2.75) is 6.61 Å². The first kappa shape index (κ1) is 13.0. The first-order valence-corrected chi connectivity index (χ1v) is 5.69. The number of ether oxygens (including phenoxy) is 1. The van der Waals surface area contributed by atoms with Gasteiger partial charge in [-0.05, 0) is 17.7 Å². The molecular weight excluding hydrogens is 244 g/mol. The lowest BCUT2D eigenvalue weighted by Gasteiger charge is -2.07. The fourth-order valence-electron chi connectivity index (χ4n) is 1.74. The normalized spacial score (nSPS) is 10.2. The molecule has 0 unspecified atom stereocenters. The minimum Gasteiger partial charge on any atom is -0.465 e. The van der Waals surface area contributed by atoms with Crippen LogP contribution < -0.4 is 5.73 Å². The van der Waals surface area contributed by atoms with E-state index < -0.39 is 5.97 Å². The molecule has 2 aromatic rings. The monoisotopic (exact) mass is 258 g/mol. The number of anilines is 1. The maximum absolute atomic E-state index is 11.6. The zero-order chi connectivity index (χ0) is 13.8. The van der Waals surface area contributed by atoms with Crippen LogP contribution in [-0.4, -0.2) is 23.2 Å². The number of nitrogens with two attached hydrogens (primary N) is 1. The van der Waals surface area contributed by atoms with Crippen LogP contribution in [0.15, 0.2) is 36.5 Å².